The molecule has 24 heavy (non-hydrogen) atoms. The third kappa shape index (κ3) is 2.28. The Hall–Kier alpha value is -2.68. The van der Waals surface area contributed by atoms with Gasteiger partial charge in [-0.2, -0.15) is 14.7 Å². The van der Waals surface area contributed by atoms with Gasteiger partial charge in [-0.3, -0.25) is 4.68 Å². The highest BCUT2D eigenvalue weighted by Crippen LogP contribution is 2.29. The van der Waals surface area contributed by atoms with E-state index in [1.807, 2.05) is 24.6 Å². The first kappa shape index (κ1) is 14.9. The largest absolute Gasteiger partial charge is 0.262 e. The van der Waals surface area contributed by atoms with Crippen LogP contribution < -0.4 is 0 Å². The summed E-state index contributed by atoms with van der Waals surface area (Å²) in [6, 6.07) is 5.56. The fourth-order valence-corrected chi connectivity index (χ4v) is 3.35. The highest BCUT2D eigenvalue weighted by Gasteiger charge is 2.18. The Morgan fingerprint density at radius 1 is 1.08 bits per heavy atom. The number of hydrogen-bond acceptors (Lipinski definition) is 5. The van der Waals surface area contributed by atoms with Gasteiger partial charge in [-0.15, -0.1) is 10.2 Å². The Bertz CT molecular complexity index is 1050. The van der Waals surface area contributed by atoms with Crippen LogP contribution in [0.25, 0.3) is 27.1 Å². The molecule has 0 amide bonds. The van der Waals surface area contributed by atoms with Gasteiger partial charge in [0.2, 0.25) is 4.96 Å². The van der Waals surface area contributed by atoms with Crippen molar-refractivity contribution in [2.75, 3.05) is 0 Å². The van der Waals surface area contributed by atoms with Gasteiger partial charge in [0.25, 0.3) is 0 Å². The molecular formula is C15H12F2N6S. The van der Waals surface area contributed by atoms with Crippen molar-refractivity contribution in [3.8, 4) is 22.1 Å². The number of hydrogen-bond donors (Lipinski definition) is 0. The average molecular weight is 346 g/mol. The van der Waals surface area contributed by atoms with Crippen molar-refractivity contribution in [3.05, 3.63) is 41.6 Å². The van der Waals surface area contributed by atoms with Crippen molar-refractivity contribution in [3.63, 3.8) is 0 Å². The molecule has 4 aromatic rings. The molecule has 0 N–H and O–H groups in total. The molecule has 0 aliphatic rings. The maximum Gasteiger partial charge on any atom is 0.235 e. The van der Waals surface area contributed by atoms with Crippen LogP contribution in [0.3, 0.4) is 0 Å². The van der Waals surface area contributed by atoms with Crippen LogP contribution in [-0.4, -0.2) is 29.6 Å². The number of aryl methyl sites for hydroxylation is 2. The molecular weight excluding hydrogens is 334 g/mol. The van der Waals surface area contributed by atoms with Crippen molar-refractivity contribution >= 4 is 16.3 Å². The third-order valence-electron chi connectivity index (χ3n) is 3.59. The molecule has 4 rings (SSSR count). The van der Waals surface area contributed by atoms with Gasteiger partial charge in [0.05, 0.1) is 11.4 Å². The first-order valence-corrected chi connectivity index (χ1v) is 8.11. The Morgan fingerprint density at radius 2 is 1.92 bits per heavy atom. The van der Waals surface area contributed by atoms with Crippen molar-refractivity contribution < 1.29 is 8.78 Å². The van der Waals surface area contributed by atoms with Crippen LogP contribution in [-0.2, 0) is 6.54 Å². The van der Waals surface area contributed by atoms with Crippen LogP contribution in [0, 0.1) is 18.6 Å². The van der Waals surface area contributed by atoms with Crippen LogP contribution in [0.15, 0.2) is 24.3 Å². The zero-order chi connectivity index (χ0) is 16.8. The molecule has 0 saturated heterocycles. The van der Waals surface area contributed by atoms with Crippen LogP contribution in [0.2, 0.25) is 0 Å². The SMILES string of the molecule is CCn1nc(C)cc1-c1nn2c(-c3ccc(F)c(F)c3)nnc2s1. The van der Waals surface area contributed by atoms with E-state index in [1.165, 1.54) is 21.9 Å². The molecule has 6 nitrogen and oxygen atoms in total. The smallest absolute Gasteiger partial charge is 0.235 e. The third-order valence-corrected chi connectivity index (χ3v) is 4.51. The number of fused-ring (bicyclic) bond motifs is 1. The van der Waals surface area contributed by atoms with Gasteiger partial charge in [-0.25, -0.2) is 8.78 Å². The highest BCUT2D eigenvalue weighted by atomic mass is 32.1. The summed E-state index contributed by atoms with van der Waals surface area (Å²) >= 11 is 1.37. The molecule has 122 valence electrons. The van der Waals surface area contributed by atoms with Crippen LogP contribution in [0.4, 0.5) is 8.78 Å². The normalized spacial score (nSPS) is 11.5. The predicted octanol–water partition coefficient (Wildman–Crippen LogP) is 3.32. The molecule has 0 unspecified atom stereocenters. The fourth-order valence-electron chi connectivity index (χ4n) is 2.49. The van der Waals surface area contributed by atoms with E-state index in [0.717, 1.165) is 35.1 Å². The first-order valence-electron chi connectivity index (χ1n) is 7.29. The minimum absolute atomic E-state index is 0.366. The molecule has 0 aliphatic carbocycles. The summed E-state index contributed by atoms with van der Waals surface area (Å²) in [5.74, 6) is -1.47. The molecule has 0 aliphatic heterocycles. The molecule has 0 atom stereocenters. The van der Waals surface area contributed by atoms with Gasteiger partial charge >= 0.3 is 0 Å². The number of halogens is 2. The monoisotopic (exact) mass is 346 g/mol. The molecule has 0 spiro atoms. The summed E-state index contributed by atoms with van der Waals surface area (Å²) in [7, 11) is 0. The summed E-state index contributed by atoms with van der Waals surface area (Å²) in [5, 5.41) is 17.8. The lowest BCUT2D eigenvalue weighted by atomic mass is 10.2. The van der Waals surface area contributed by atoms with E-state index in [-0.39, 0.29) is 0 Å². The van der Waals surface area contributed by atoms with Gasteiger partial charge in [0.1, 0.15) is 0 Å². The van der Waals surface area contributed by atoms with Crippen molar-refractivity contribution in [2.45, 2.75) is 20.4 Å². The molecule has 0 radical (unpaired) electrons. The molecule has 1 aromatic carbocycles. The van der Waals surface area contributed by atoms with Gasteiger partial charge in [0.15, 0.2) is 22.5 Å². The van der Waals surface area contributed by atoms with E-state index in [9.17, 15) is 8.78 Å². The Morgan fingerprint density at radius 3 is 2.67 bits per heavy atom. The second kappa shape index (κ2) is 5.45. The number of benzene rings is 1. The molecule has 0 bridgehead atoms. The summed E-state index contributed by atoms with van der Waals surface area (Å²) in [6.45, 7) is 4.64. The summed E-state index contributed by atoms with van der Waals surface area (Å²) in [6.07, 6.45) is 0. The van der Waals surface area contributed by atoms with Crippen LogP contribution >= 0.6 is 11.3 Å². The van der Waals surface area contributed by atoms with Crippen molar-refractivity contribution in [1.29, 1.82) is 0 Å². The molecule has 0 fully saturated rings. The maximum atomic E-state index is 13.5. The fraction of sp³-hybridized carbons (Fsp3) is 0.200. The summed E-state index contributed by atoms with van der Waals surface area (Å²) < 4.78 is 30.0. The zero-order valence-corrected chi connectivity index (χ0v) is 13.7. The van der Waals surface area contributed by atoms with E-state index in [4.69, 9.17) is 0 Å². The molecule has 0 saturated carbocycles. The van der Waals surface area contributed by atoms with E-state index >= 15 is 0 Å². The van der Waals surface area contributed by atoms with E-state index in [2.05, 4.69) is 20.4 Å². The van der Waals surface area contributed by atoms with E-state index in [0.29, 0.717) is 16.3 Å². The van der Waals surface area contributed by atoms with E-state index < -0.39 is 11.6 Å². The van der Waals surface area contributed by atoms with Crippen LogP contribution in [0.5, 0.6) is 0 Å². The lowest BCUT2D eigenvalue weighted by Gasteiger charge is -2.00. The standard InChI is InChI=1S/C15H12F2N6S/c1-3-22-12(6-8(2)20-22)14-21-23-13(18-19-15(23)24-14)9-4-5-10(16)11(17)7-9/h4-7H,3H2,1-2H3. The molecule has 3 aromatic heterocycles. The minimum atomic E-state index is -0.931. The van der Waals surface area contributed by atoms with E-state index in [1.54, 1.807) is 0 Å². The second-order valence-electron chi connectivity index (χ2n) is 5.24. The number of aromatic nitrogens is 6. The lowest BCUT2D eigenvalue weighted by Crippen LogP contribution is -1.99. The van der Waals surface area contributed by atoms with Crippen molar-refractivity contribution in [2.24, 2.45) is 0 Å². The van der Waals surface area contributed by atoms with Crippen molar-refractivity contribution in [1.82, 2.24) is 29.6 Å². The van der Waals surface area contributed by atoms with Crippen LogP contribution in [0.1, 0.15) is 12.6 Å². The Labute approximate surface area is 139 Å². The summed E-state index contributed by atoms with van der Waals surface area (Å²) in [4.78, 5) is 0.575. The zero-order valence-electron chi connectivity index (χ0n) is 12.9. The van der Waals surface area contributed by atoms with Gasteiger partial charge in [-0.05, 0) is 38.1 Å². The summed E-state index contributed by atoms with van der Waals surface area (Å²) in [5.41, 5.74) is 2.21. The minimum Gasteiger partial charge on any atom is -0.262 e. The lowest BCUT2D eigenvalue weighted by molar-refractivity contribution is 0.509. The topological polar surface area (TPSA) is 60.9 Å². The molecule has 3 heterocycles. The number of nitrogens with zero attached hydrogens (tertiary/aromatic N) is 6. The predicted molar refractivity (Wildman–Crippen MR) is 85.6 cm³/mol. The maximum absolute atomic E-state index is 13.5. The highest BCUT2D eigenvalue weighted by molar-refractivity contribution is 7.19. The van der Waals surface area contributed by atoms with Gasteiger partial charge < -0.3 is 0 Å². The Kier molecular flexibility index (Phi) is 3.38. The van der Waals surface area contributed by atoms with Gasteiger partial charge in [0, 0.05) is 12.1 Å². The quantitative estimate of drug-likeness (QED) is 0.571. The molecule has 9 heteroatoms. The van der Waals surface area contributed by atoms with Gasteiger partial charge in [-0.1, -0.05) is 11.3 Å². The Balaban J connectivity index is 1.85. The number of rotatable bonds is 3. The first-order chi connectivity index (χ1) is 11.6. The second-order valence-corrected chi connectivity index (χ2v) is 6.20. The average Bonchev–Trinajstić information content (AvgIpc) is 3.22.